The number of aryl methyl sites for hydroxylation is 1. The van der Waals surface area contributed by atoms with E-state index in [2.05, 4.69) is 0 Å². The lowest BCUT2D eigenvalue weighted by molar-refractivity contribution is 0.141. The highest BCUT2D eigenvalue weighted by Crippen LogP contribution is 2.29. The highest BCUT2D eigenvalue weighted by atomic mass is 19.1. The Morgan fingerprint density at radius 1 is 1.44 bits per heavy atom. The lowest BCUT2D eigenvalue weighted by Crippen LogP contribution is -1.93. The number of rotatable bonds is 3. The summed E-state index contributed by atoms with van der Waals surface area (Å²) in [5.41, 5.74) is 0.795. The fourth-order valence-electron chi connectivity index (χ4n) is 1.77. The van der Waals surface area contributed by atoms with E-state index in [0.717, 1.165) is 6.42 Å². The van der Waals surface area contributed by atoms with Gasteiger partial charge in [0, 0.05) is 5.39 Å². The summed E-state index contributed by atoms with van der Waals surface area (Å²) in [5.74, 6) is 0.105. The maximum Gasteiger partial charge on any atom is 0.170 e. The fraction of sp³-hybridized carbons (Fsp3) is 0.385. The van der Waals surface area contributed by atoms with Crippen LogP contribution in [0.25, 0.3) is 11.0 Å². The van der Waals surface area contributed by atoms with E-state index >= 15 is 0 Å². The summed E-state index contributed by atoms with van der Waals surface area (Å²) in [7, 11) is 0. The third-order valence-corrected chi connectivity index (χ3v) is 2.73. The molecular weight excluding hydrogens is 207 g/mol. The summed E-state index contributed by atoms with van der Waals surface area (Å²) in [4.78, 5) is 0. The van der Waals surface area contributed by atoms with Crippen molar-refractivity contribution in [3.8, 4) is 0 Å². The van der Waals surface area contributed by atoms with E-state index in [-0.39, 0.29) is 11.4 Å². The Hall–Kier alpha value is -1.35. The smallest absolute Gasteiger partial charge is 0.170 e. The minimum absolute atomic E-state index is 0.241. The van der Waals surface area contributed by atoms with Crippen LogP contribution in [-0.4, -0.2) is 5.11 Å². The molecule has 0 saturated carbocycles. The maximum atomic E-state index is 13.7. The molecule has 0 fully saturated rings. The van der Waals surface area contributed by atoms with E-state index in [9.17, 15) is 9.50 Å². The molecule has 1 N–H and O–H groups in total. The van der Waals surface area contributed by atoms with Crippen molar-refractivity contribution in [2.24, 2.45) is 0 Å². The molecule has 0 aliphatic heterocycles. The van der Waals surface area contributed by atoms with Crippen molar-refractivity contribution in [3.05, 3.63) is 35.3 Å². The van der Waals surface area contributed by atoms with Crippen LogP contribution >= 0.6 is 0 Å². The van der Waals surface area contributed by atoms with Gasteiger partial charge < -0.3 is 9.52 Å². The lowest BCUT2D eigenvalue weighted by atomic mass is 10.1. The second-order valence-corrected chi connectivity index (χ2v) is 4.07. The maximum absolute atomic E-state index is 13.7. The van der Waals surface area contributed by atoms with Gasteiger partial charge in [-0.05, 0) is 25.0 Å². The third-order valence-electron chi connectivity index (χ3n) is 2.73. The molecule has 2 rings (SSSR count). The summed E-state index contributed by atoms with van der Waals surface area (Å²) in [6.45, 7) is 3.68. The number of hydrogen-bond acceptors (Lipinski definition) is 2. The summed E-state index contributed by atoms with van der Waals surface area (Å²) < 4.78 is 19.1. The monoisotopic (exact) mass is 222 g/mol. The molecule has 1 heterocycles. The van der Waals surface area contributed by atoms with Gasteiger partial charge in [-0.1, -0.05) is 25.5 Å². The van der Waals surface area contributed by atoms with Gasteiger partial charge in [0.05, 0.1) is 0 Å². The quantitative estimate of drug-likeness (QED) is 0.858. The number of benzene rings is 1. The molecule has 0 saturated heterocycles. The molecule has 1 atom stereocenters. The summed E-state index contributed by atoms with van der Waals surface area (Å²) in [5, 5.41) is 10.5. The predicted octanol–water partition coefficient (Wildman–Crippen LogP) is 3.71. The zero-order valence-corrected chi connectivity index (χ0v) is 9.46. The highest BCUT2D eigenvalue weighted by molar-refractivity contribution is 5.79. The van der Waals surface area contributed by atoms with Crippen LogP contribution in [0.2, 0.25) is 0 Å². The largest absolute Gasteiger partial charge is 0.455 e. The van der Waals surface area contributed by atoms with E-state index in [1.54, 1.807) is 25.1 Å². The first-order chi connectivity index (χ1) is 7.63. The van der Waals surface area contributed by atoms with Crippen molar-refractivity contribution < 1.29 is 13.9 Å². The Morgan fingerprint density at radius 3 is 2.88 bits per heavy atom. The van der Waals surface area contributed by atoms with E-state index < -0.39 is 6.10 Å². The Kier molecular flexibility index (Phi) is 2.97. The van der Waals surface area contributed by atoms with Gasteiger partial charge in [-0.3, -0.25) is 0 Å². The van der Waals surface area contributed by atoms with E-state index in [4.69, 9.17) is 4.42 Å². The van der Waals surface area contributed by atoms with E-state index in [0.29, 0.717) is 23.1 Å². The molecule has 86 valence electrons. The molecule has 0 amide bonds. The number of hydrogen-bond donors (Lipinski definition) is 1. The van der Waals surface area contributed by atoms with Crippen LogP contribution in [0.4, 0.5) is 4.39 Å². The molecule has 2 nitrogen and oxygen atoms in total. The summed E-state index contributed by atoms with van der Waals surface area (Å²) >= 11 is 0. The SMILES string of the molecule is CCCC(O)c1cc2ccc(C)c(F)c2o1. The van der Waals surface area contributed by atoms with Crippen LogP contribution in [0.1, 0.15) is 37.2 Å². The zero-order valence-electron chi connectivity index (χ0n) is 9.46. The normalized spacial score (nSPS) is 13.2. The number of furan rings is 1. The second-order valence-electron chi connectivity index (χ2n) is 4.07. The molecule has 0 aliphatic rings. The minimum Gasteiger partial charge on any atom is -0.455 e. The van der Waals surface area contributed by atoms with Crippen molar-refractivity contribution in [3.63, 3.8) is 0 Å². The standard InChI is InChI=1S/C13H15FO2/c1-3-4-10(15)11-7-9-6-5-8(2)12(14)13(9)16-11/h5-7,10,15H,3-4H2,1-2H3. The second kappa shape index (κ2) is 4.26. The van der Waals surface area contributed by atoms with Gasteiger partial charge in [0.15, 0.2) is 11.4 Å². The average Bonchev–Trinajstić information content (AvgIpc) is 2.69. The van der Waals surface area contributed by atoms with Gasteiger partial charge in [-0.25, -0.2) is 4.39 Å². The molecule has 1 unspecified atom stereocenters. The van der Waals surface area contributed by atoms with Crippen LogP contribution < -0.4 is 0 Å². The first-order valence-corrected chi connectivity index (χ1v) is 5.50. The van der Waals surface area contributed by atoms with Crippen molar-refractivity contribution >= 4 is 11.0 Å². The fourth-order valence-corrected chi connectivity index (χ4v) is 1.77. The summed E-state index contributed by atoms with van der Waals surface area (Å²) in [6, 6.07) is 5.22. The molecule has 0 radical (unpaired) electrons. The number of aliphatic hydroxyl groups is 1. The van der Waals surface area contributed by atoms with Crippen molar-refractivity contribution in [1.29, 1.82) is 0 Å². The molecule has 0 aliphatic carbocycles. The predicted molar refractivity (Wildman–Crippen MR) is 60.8 cm³/mol. The van der Waals surface area contributed by atoms with Gasteiger partial charge in [0.1, 0.15) is 11.9 Å². The first kappa shape index (κ1) is 11.1. The molecule has 0 spiro atoms. The van der Waals surface area contributed by atoms with Gasteiger partial charge >= 0.3 is 0 Å². The third kappa shape index (κ3) is 1.83. The zero-order chi connectivity index (χ0) is 11.7. The highest BCUT2D eigenvalue weighted by Gasteiger charge is 2.15. The van der Waals surface area contributed by atoms with Gasteiger partial charge in [0.25, 0.3) is 0 Å². The number of aliphatic hydroxyl groups excluding tert-OH is 1. The lowest BCUT2D eigenvalue weighted by Gasteiger charge is -2.03. The van der Waals surface area contributed by atoms with Crippen molar-refractivity contribution in [2.45, 2.75) is 32.8 Å². The van der Waals surface area contributed by atoms with Gasteiger partial charge in [-0.2, -0.15) is 0 Å². The molecule has 1 aromatic heterocycles. The number of halogens is 1. The Bertz CT molecular complexity index is 502. The van der Waals surface area contributed by atoms with Gasteiger partial charge in [-0.15, -0.1) is 0 Å². The molecular formula is C13H15FO2. The summed E-state index contributed by atoms with van der Waals surface area (Å²) in [6.07, 6.45) is 0.845. The van der Waals surface area contributed by atoms with E-state index in [1.165, 1.54) is 0 Å². The van der Waals surface area contributed by atoms with Crippen LogP contribution in [0, 0.1) is 12.7 Å². The topological polar surface area (TPSA) is 33.4 Å². The van der Waals surface area contributed by atoms with Crippen LogP contribution in [0.3, 0.4) is 0 Å². The Morgan fingerprint density at radius 2 is 2.19 bits per heavy atom. The Labute approximate surface area is 93.7 Å². The van der Waals surface area contributed by atoms with Crippen molar-refractivity contribution in [2.75, 3.05) is 0 Å². The molecule has 1 aromatic carbocycles. The van der Waals surface area contributed by atoms with Crippen molar-refractivity contribution in [1.82, 2.24) is 0 Å². The van der Waals surface area contributed by atoms with Crippen LogP contribution in [-0.2, 0) is 0 Å². The molecule has 16 heavy (non-hydrogen) atoms. The first-order valence-electron chi connectivity index (χ1n) is 5.50. The van der Waals surface area contributed by atoms with Gasteiger partial charge in [0.2, 0.25) is 0 Å². The van der Waals surface area contributed by atoms with Crippen LogP contribution in [0.15, 0.2) is 22.6 Å². The molecule has 0 bridgehead atoms. The van der Waals surface area contributed by atoms with E-state index in [1.807, 2.05) is 6.92 Å². The minimum atomic E-state index is -0.642. The molecule has 2 aromatic rings. The van der Waals surface area contributed by atoms with Crippen LogP contribution in [0.5, 0.6) is 0 Å². The Balaban J connectivity index is 2.48. The average molecular weight is 222 g/mol. The number of fused-ring (bicyclic) bond motifs is 1. The molecule has 3 heteroatoms.